The molecule has 1 heterocycles. The Labute approximate surface area is 147 Å². The smallest absolute Gasteiger partial charge is 0.302 e. The number of hydrogen-bond donors (Lipinski definition) is 2. The van der Waals surface area contributed by atoms with E-state index in [2.05, 4.69) is 0 Å². The molecule has 6 heteroatoms. The third-order valence-corrected chi connectivity index (χ3v) is 4.25. The number of phenolic OH excluding ortho intramolecular Hbond substituents is 1. The molecule has 0 saturated heterocycles. The lowest BCUT2D eigenvalue weighted by atomic mass is 9.92. The highest BCUT2D eigenvalue weighted by Gasteiger charge is 2.31. The number of aliphatic hydroxyl groups is 1. The zero-order valence-corrected chi connectivity index (χ0v) is 14.7. The monoisotopic (exact) mass is 348 g/mol. The lowest BCUT2D eigenvalue weighted by Gasteiger charge is -2.17. The van der Waals surface area contributed by atoms with Gasteiger partial charge in [-0.15, -0.1) is 0 Å². The Kier molecular flexibility index (Phi) is 6.33. The number of carbonyl (C=O) groups excluding carboxylic acids is 2. The van der Waals surface area contributed by atoms with Crippen LogP contribution in [0.4, 0.5) is 0 Å². The summed E-state index contributed by atoms with van der Waals surface area (Å²) >= 11 is 0. The fourth-order valence-corrected chi connectivity index (χ4v) is 2.81. The maximum absolute atomic E-state index is 11.3. The average Bonchev–Trinajstić information content (AvgIpc) is 2.97. The van der Waals surface area contributed by atoms with Crippen molar-refractivity contribution in [2.75, 3.05) is 6.61 Å². The summed E-state index contributed by atoms with van der Waals surface area (Å²) in [6, 6.07) is 3.43. The first-order valence-corrected chi connectivity index (χ1v) is 8.22. The van der Waals surface area contributed by atoms with Crippen LogP contribution >= 0.6 is 0 Å². The molecule has 25 heavy (non-hydrogen) atoms. The summed E-state index contributed by atoms with van der Waals surface area (Å²) in [5.74, 6) is -0.486. The van der Waals surface area contributed by atoms with Gasteiger partial charge in [-0.2, -0.15) is 0 Å². The summed E-state index contributed by atoms with van der Waals surface area (Å²) in [6.07, 6.45) is 1.16. The van der Waals surface area contributed by atoms with Gasteiger partial charge in [0.15, 0.2) is 5.78 Å². The molecule has 1 unspecified atom stereocenters. The van der Waals surface area contributed by atoms with Gasteiger partial charge in [-0.25, -0.2) is 0 Å². The van der Waals surface area contributed by atoms with E-state index in [1.807, 2.05) is 19.1 Å². The van der Waals surface area contributed by atoms with E-state index < -0.39 is 12.2 Å². The highest BCUT2D eigenvalue weighted by atomic mass is 16.5. The molecular formula is C19H24O6. The van der Waals surface area contributed by atoms with E-state index in [4.69, 9.17) is 9.47 Å². The van der Waals surface area contributed by atoms with Gasteiger partial charge in [-0.1, -0.05) is 12.1 Å². The first-order valence-electron chi connectivity index (χ1n) is 8.22. The van der Waals surface area contributed by atoms with Gasteiger partial charge in [0.05, 0.1) is 12.7 Å². The third-order valence-electron chi connectivity index (χ3n) is 4.25. The second-order valence-electron chi connectivity index (χ2n) is 6.33. The van der Waals surface area contributed by atoms with Crippen molar-refractivity contribution in [2.45, 2.75) is 52.4 Å². The van der Waals surface area contributed by atoms with E-state index in [-0.39, 0.29) is 37.1 Å². The first-order chi connectivity index (χ1) is 11.8. The number of esters is 1. The molecule has 6 nitrogen and oxygen atoms in total. The van der Waals surface area contributed by atoms with Crippen LogP contribution in [0.25, 0.3) is 0 Å². The number of rotatable bonds is 7. The minimum Gasteiger partial charge on any atom is -0.508 e. The van der Waals surface area contributed by atoms with Crippen molar-refractivity contribution in [3.05, 3.63) is 40.5 Å². The molecule has 0 radical (unpaired) electrons. The Bertz CT molecular complexity index is 691. The molecule has 0 saturated carbocycles. The van der Waals surface area contributed by atoms with Gasteiger partial charge in [-0.3, -0.25) is 9.59 Å². The van der Waals surface area contributed by atoms with Crippen LogP contribution in [0.15, 0.2) is 23.8 Å². The van der Waals surface area contributed by atoms with Gasteiger partial charge >= 0.3 is 5.97 Å². The molecule has 1 aliphatic rings. The molecule has 0 fully saturated rings. The fraction of sp³-hybridized carbons (Fsp3) is 0.474. The maximum atomic E-state index is 11.3. The van der Waals surface area contributed by atoms with Gasteiger partial charge < -0.3 is 19.7 Å². The standard InChI is InChI=1S/C19H24O6/c1-11(9-24-13(3)21)4-5-14-6-7-16(22)15-10-25-18(19(14)15)8-17(23)12(2)20/h4,6-7,17-18,22-23H,5,8-10H2,1-3H3/b11-4+/t17?,18-/m0/s1. The molecule has 1 aromatic carbocycles. The molecule has 0 amide bonds. The number of Topliss-reactive ketones (excluding diaryl/α,β-unsaturated/α-hetero) is 1. The summed E-state index contributed by atoms with van der Waals surface area (Å²) in [5, 5.41) is 19.9. The molecule has 2 atom stereocenters. The largest absolute Gasteiger partial charge is 0.508 e. The molecule has 0 spiro atoms. The van der Waals surface area contributed by atoms with Crippen LogP contribution in [0.1, 0.15) is 50.0 Å². The van der Waals surface area contributed by atoms with E-state index >= 15 is 0 Å². The molecule has 2 rings (SSSR count). The van der Waals surface area contributed by atoms with Crippen LogP contribution in [0.3, 0.4) is 0 Å². The molecule has 0 aliphatic carbocycles. The molecule has 136 valence electrons. The number of ether oxygens (including phenoxy) is 2. The average molecular weight is 348 g/mol. The van der Waals surface area contributed by atoms with Crippen molar-refractivity contribution < 1.29 is 29.3 Å². The van der Waals surface area contributed by atoms with E-state index in [9.17, 15) is 19.8 Å². The predicted octanol–water partition coefficient (Wildman–Crippen LogP) is 2.36. The molecule has 2 N–H and O–H groups in total. The van der Waals surface area contributed by atoms with Crippen LogP contribution in [-0.4, -0.2) is 34.7 Å². The molecule has 1 aromatic rings. The minimum atomic E-state index is -1.09. The van der Waals surface area contributed by atoms with E-state index in [1.54, 1.807) is 6.07 Å². The number of hydrogen-bond acceptors (Lipinski definition) is 6. The highest BCUT2D eigenvalue weighted by molar-refractivity contribution is 5.80. The van der Waals surface area contributed by atoms with Crippen LogP contribution in [-0.2, 0) is 32.1 Å². The summed E-state index contributed by atoms with van der Waals surface area (Å²) in [4.78, 5) is 22.2. The maximum Gasteiger partial charge on any atom is 0.302 e. The SMILES string of the molecule is CC(=O)OC/C(C)=C/Cc1ccc(O)c2c1[C@H](CC(O)C(C)=O)OC2. The van der Waals surface area contributed by atoms with Crippen LogP contribution in [0.2, 0.25) is 0 Å². The second kappa shape index (κ2) is 8.27. The van der Waals surface area contributed by atoms with Crippen molar-refractivity contribution in [3.63, 3.8) is 0 Å². The Morgan fingerprint density at radius 1 is 1.36 bits per heavy atom. The molecule has 0 aromatic heterocycles. The lowest BCUT2D eigenvalue weighted by molar-refractivity contribution is -0.140. The number of allylic oxidation sites excluding steroid dienone is 1. The van der Waals surface area contributed by atoms with E-state index in [1.165, 1.54) is 13.8 Å². The molecule has 0 bridgehead atoms. The molecule has 1 aliphatic heterocycles. The first kappa shape index (κ1) is 19.1. The topological polar surface area (TPSA) is 93.1 Å². The zero-order valence-electron chi connectivity index (χ0n) is 14.7. The summed E-state index contributed by atoms with van der Waals surface area (Å²) in [7, 11) is 0. The Balaban J connectivity index is 2.20. The van der Waals surface area contributed by atoms with Gasteiger partial charge in [0.1, 0.15) is 18.5 Å². The van der Waals surface area contributed by atoms with Crippen LogP contribution in [0, 0.1) is 0 Å². The minimum absolute atomic E-state index is 0.152. The Hall–Kier alpha value is -2.18. The van der Waals surface area contributed by atoms with E-state index in [0.29, 0.717) is 12.0 Å². The van der Waals surface area contributed by atoms with Crippen LogP contribution in [0.5, 0.6) is 5.75 Å². The Morgan fingerprint density at radius 3 is 2.72 bits per heavy atom. The van der Waals surface area contributed by atoms with Crippen molar-refractivity contribution >= 4 is 11.8 Å². The Morgan fingerprint density at radius 2 is 2.08 bits per heavy atom. The number of aliphatic hydroxyl groups excluding tert-OH is 1. The number of carbonyl (C=O) groups is 2. The van der Waals surface area contributed by atoms with Gasteiger partial charge in [0.25, 0.3) is 0 Å². The molecular weight excluding hydrogens is 324 g/mol. The van der Waals surface area contributed by atoms with Crippen LogP contribution < -0.4 is 0 Å². The second-order valence-corrected chi connectivity index (χ2v) is 6.33. The summed E-state index contributed by atoms with van der Waals surface area (Å²) in [6.45, 7) is 5.06. The predicted molar refractivity (Wildman–Crippen MR) is 91.0 cm³/mol. The van der Waals surface area contributed by atoms with E-state index in [0.717, 1.165) is 16.7 Å². The van der Waals surface area contributed by atoms with Gasteiger partial charge in [0.2, 0.25) is 0 Å². The number of ketones is 1. The van der Waals surface area contributed by atoms with Crippen molar-refractivity contribution in [1.29, 1.82) is 0 Å². The number of benzene rings is 1. The normalized spacial score (nSPS) is 17.9. The number of phenols is 1. The third kappa shape index (κ3) is 4.90. The van der Waals surface area contributed by atoms with Crippen molar-refractivity contribution in [3.8, 4) is 5.75 Å². The highest BCUT2D eigenvalue weighted by Crippen LogP contribution is 2.41. The van der Waals surface area contributed by atoms with Gasteiger partial charge in [0, 0.05) is 18.9 Å². The quantitative estimate of drug-likeness (QED) is 0.580. The number of aromatic hydroxyl groups is 1. The van der Waals surface area contributed by atoms with Gasteiger partial charge in [-0.05, 0) is 43.0 Å². The zero-order chi connectivity index (χ0) is 18.6. The summed E-state index contributed by atoms with van der Waals surface area (Å²) in [5.41, 5.74) is 3.39. The van der Waals surface area contributed by atoms with Crippen molar-refractivity contribution in [1.82, 2.24) is 0 Å². The number of fused-ring (bicyclic) bond motifs is 1. The lowest BCUT2D eigenvalue weighted by Crippen LogP contribution is -2.20. The fourth-order valence-electron chi connectivity index (χ4n) is 2.81. The van der Waals surface area contributed by atoms with Crippen molar-refractivity contribution in [2.24, 2.45) is 0 Å². The summed E-state index contributed by atoms with van der Waals surface area (Å²) < 4.78 is 10.7.